The molecular formula is C12H14ClN3S. The van der Waals surface area contributed by atoms with Gasteiger partial charge in [0.15, 0.2) is 5.13 Å². The fourth-order valence-electron chi connectivity index (χ4n) is 2.13. The van der Waals surface area contributed by atoms with Crippen LogP contribution in [-0.2, 0) is 0 Å². The third-order valence-corrected chi connectivity index (χ3v) is 4.31. The predicted molar refractivity (Wildman–Crippen MR) is 74.4 cm³/mol. The number of nitrogens with one attached hydrogen (secondary N) is 1. The lowest BCUT2D eigenvalue weighted by Crippen LogP contribution is -2.43. The first-order valence-corrected chi connectivity index (χ1v) is 6.96. The maximum atomic E-state index is 6.07. The van der Waals surface area contributed by atoms with E-state index < -0.39 is 0 Å². The van der Waals surface area contributed by atoms with E-state index in [9.17, 15) is 0 Å². The summed E-state index contributed by atoms with van der Waals surface area (Å²) >= 11 is 7.81. The molecule has 3 nitrogen and oxygen atoms in total. The molecule has 1 aromatic heterocycles. The summed E-state index contributed by atoms with van der Waals surface area (Å²) in [6.07, 6.45) is 0. The summed E-state index contributed by atoms with van der Waals surface area (Å²) in [6, 6.07) is 3.98. The van der Waals surface area contributed by atoms with E-state index in [-0.39, 0.29) is 0 Å². The number of fused-ring (bicyclic) bond motifs is 1. The van der Waals surface area contributed by atoms with Gasteiger partial charge in [-0.25, -0.2) is 4.98 Å². The summed E-state index contributed by atoms with van der Waals surface area (Å²) in [7, 11) is 0. The Morgan fingerprint density at radius 1 is 1.35 bits per heavy atom. The number of benzene rings is 1. The first-order chi connectivity index (χ1) is 8.24. The highest BCUT2D eigenvalue weighted by atomic mass is 35.5. The number of aryl methyl sites for hydroxylation is 1. The van der Waals surface area contributed by atoms with Gasteiger partial charge in [0.05, 0.1) is 10.2 Å². The minimum Gasteiger partial charge on any atom is -0.346 e. The Kier molecular flexibility index (Phi) is 2.94. The molecule has 1 aliphatic heterocycles. The van der Waals surface area contributed by atoms with Crippen molar-refractivity contribution in [1.29, 1.82) is 0 Å². The van der Waals surface area contributed by atoms with Crippen molar-refractivity contribution in [3.63, 3.8) is 0 Å². The smallest absolute Gasteiger partial charge is 0.186 e. The van der Waals surface area contributed by atoms with Crippen molar-refractivity contribution in [2.24, 2.45) is 0 Å². The molecule has 1 fully saturated rings. The van der Waals surface area contributed by atoms with Crippen molar-refractivity contribution in [1.82, 2.24) is 10.3 Å². The van der Waals surface area contributed by atoms with Gasteiger partial charge in [0.25, 0.3) is 0 Å². The monoisotopic (exact) mass is 267 g/mol. The van der Waals surface area contributed by atoms with Crippen molar-refractivity contribution in [3.05, 3.63) is 22.7 Å². The van der Waals surface area contributed by atoms with Crippen LogP contribution in [0.25, 0.3) is 10.2 Å². The molecular weight excluding hydrogens is 254 g/mol. The largest absolute Gasteiger partial charge is 0.346 e. The van der Waals surface area contributed by atoms with Crippen molar-refractivity contribution in [2.75, 3.05) is 31.1 Å². The fourth-order valence-corrected chi connectivity index (χ4v) is 3.61. The van der Waals surface area contributed by atoms with E-state index in [1.54, 1.807) is 11.3 Å². The normalized spacial score (nSPS) is 16.7. The highest BCUT2D eigenvalue weighted by Gasteiger charge is 2.15. The van der Waals surface area contributed by atoms with E-state index in [1.807, 2.05) is 12.1 Å². The third kappa shape index (κ3) is 2.12. The van der Waals surface area contributed by atoms with Crippen molar-refractivity contribution < 1.29 is 0 Å². The molecule has 1 aromatic carbocycles. The van der Waals surface area contributed by atoms with Crippen LogP contribution in [0.15, 0.2) is 12.1 Å². The second-order valence-corrected chi connectivity index (χ2v) is 5.75. The number of halogens is 1. The van der Waals surface area contributed by atoms with Crippen molar-refractivity contribution in [2.45, 2.75) is 6.92 Å². The highest BCUT2D eigenvalue weighted by molar-refractivity contribution is 7.22. The van der Waals surface area contributed by atoms with Gasteiger partial charge in [-0.1, -0.05) is 22.9 Å². The SMILES string of the molecule is Cc1cc(Cl)cc2sc(N3CCNCC3)nc12. The van der Waals surface area contributed by atoms with Crippen LogP contribution in [0.1, 0.15) is 5.56 Å². The van der Waals surface area contributed by atoms with E-state index in [2.05, 4.69) is 17.1 Å². The molecule has 3 rings (SSSR count). The zero-order chi connectivity index (χ0) is 11.8. The Bertz CT molecular complexity index is 546. The molecule has 0 saturated carbocycles. The quantitative estimate of drug-likeness (QED) is 0.861. The Balaban J connectivity index is 2.03. The first-order valence-electron chi connectivity index (χ1n) is 5.76. The summed E-state index contributed by atoms with van der Waals surface area (Å²) in [4.78, 5) is 7.08. The van der Waals surface area contributed by atoms with Gasteiger partial charge in [-0.05, 0) is 24.6 Å². The predicted octanol–water partition coefficient (Wildman–Crippen LogP) is 2.67. The Hall–Kier alpha value is -0.840. The molecule has 5 heteroatoms. The third-order valence-electron chi connectivity index (χ3n) is 3.03. The summed E-state index contributed by atoms with van der Waals surface area (Å²) in [5, 5.41) is 5.27. The average molecular weight is 268 g/mol. The molecule has 1 saturated heterocycles. The van der Waals surface area contributed by atoms with Crippen LogP contribution in [0.4, 0.5) is 5.13 Å². The van der Waals surface area contributed by atoms with Gasteiger partial charge in [0.2, 0.25) is 0 Å². The summed E-state index contributed by atoms with van der Waals surface area (Å²) in [5.74, 6) is 0. The molecule has 0 bridgehead atoms. The second-order valence-electron chi connectivity index (χ2n) is 4.30. The molecule has 0 unspecified atom stereocenters. The summed E-state index contributed by atoms with van der Waals surface area (Å²) < 4.78 is 1.18. The number of anilines is 1. The van der Waals surface area contributed by atoms with Gasteiger partial charge in [0.1, 0.15) is 0 Å². The molecule has 0 aliphatic carbocycles. The average Bonchev–Trinajstić information content (AvgIpc) is 2.74. The van der Waals surface area contributed by atoms with Crippen molar-refractivity contribution in [3.8, 4) is 0 Å². The fraction of sp³-hybridized carbons (Fsp3) is 0.417. The minimum atomic E-state index is 0.797. The molecule has 17 heavy (non-hydrogen) atoms. The molecule has 0 atom stereocenters. The van der Waals surface area contributed by atoms with Crippen LogP contribution in [0.3, 0.4) is 0 Å². The number of hydrogen-bond donors (Lipinski definition) is 1. The van der Waals surface area contributed by atoms with Crippen LogP contribution in [0, 0.1) is 6.92 Å². The molecule has 2 heterocycles. The molecule has 0 spiro atoms. The molecule has 1 aliphatic rings. The number of rotatable bonds is 1. The number of hydrogen-bond acceptors (Lipinski definition) is 4. The van der Waals surface area contributed by atoms with Gasteiger partial charge in [-0.3, -0.25) is 0 Å². The van der Waals surface area contributed by atoms with Gasteiger partial charge in [-0.15, -0.1) is 0 Å². The Morgan fingerprint density at radius 2 is 2.12 bits per heavy atom. The highest BCUT2D eigenvalue weighted by Crippen LogP contribution is 2.32. The number of nitrogens with zero attached hydrogens (tertiary/aromatic N) is 2. The molecule has 1 N–H and O–H groups in total. The lowest BCUT2D eigenvalue weighted by molar-refractivity contribution is 0.588. The second kappa shape index (κ2) is 4.44. The number of piperazine rings is 1. The Labute approximate surface area is 109 Å². The maximum Gasteiger partial charge on any atom is 0.186 e. The molecule has 2 aromatic rings. The molecule has 0 amide bonds. The van der Waals surface area contributed by atoms with E-state index >= 15 is 0 Å². The Morgan fingerprint density at radius 3 is 2.88 bits per heavy atom. The van der Waals surface area contributed by atoms with Crippen LogP contribution in [0.5, 0.6) is 0 Å². The zero-order valence-electron chi connectivity index (χ0n) is 9.66. The van der Waals surface area contributed by atoms with Gasteiger partial charge >= 0.3 is 0 Å². The number of thiazole rings is 1. The van der Waals surface area contributed by atoms with E-state index in [1.165, 1.54) is 4.70 Å². The minimum absolute atomic E-state index is 0.797. The topological polar surface area (TPSA) is 28.2 Å². The lowest BCUT2D eigenvalue weighted by Gasteiger charge is -2.26. The van der Waals surface area contributed by atoms with Crippen LogP contribution >= 0.6 is 22.9 Å². The summed E-state index contributed by atoms with van der Waals surface area (Å²) in [6.45, 7) is 6.21. The first kappa shape index (κ1) is 11.3. The van der Waals surface area contributed by atoms with Crippen LogP contribution in [-0.4, -0.2) is 31.2 Å². The molecule has 0 radical (unpaired) electrons. The lowest BCUT2D eigenvalue weighted by atomic mass is 10.2. The summed E-state index contributed by atoms with van der Waals surface area (Å²) in [5.41, 5.74) is 2.25. The standard InChI is InChI=1S/C12H14ClN3S/c1-8-6-9(13)7-10-11(8)15-12(17-10)16-4-2-14-3-5-16/h6-7,14H,2-5H2,1H3. The maximum absolute atomic E-state index is 6.07. The molecule has 90 valence electrons. The van der Waals surface area contributed by atoms with Crippen LogP contribution in [0.2, 0.25) is 5.02 Å². The van der Waals surface area contributed by atoms with Gasteiger partial charge in [0, 0.05) is 31.2 Å². The van der Waals surface area contributed by atoms with Gasteiger partial charge < -0.3 is 10.2 Å². The van der Waals surface area contributed by atoms with E-state index in [0.717, 1.165) is 47.4 Å². The van der Waals surface area contributed by atoms with Crippen molar-refractivity contribution >= 4 is 38.3 Å². The van der Waals surface area contributed by atoms with Gasteiger partial charge in [-0.2, -0.15) is 0 Å². The van der Waals surface area contributed by atoms with E-state index in [0.29, 0.717) is 0 Å². The zero-order valence-corrected chi connectivity index (χ0v) is 11.2. The van der Waals surface area contributed by atoms with E-state index in [4.69, 9.17) is 16.6 Å². The van der Waals surface area contributed by atoms with Crippen LogP contribution < -0.4 is 10.2 Å². The number of aromatic nitrogens is 1.